The van der Waals surface area contributed by atoms with E-state index in [2.05, 4.69) is 84.3 Å². The number of hydrogen-bond donors (Lipinski definition) is 1. The molecule has 2 heterocycles. The molecule has 0 saturated heterocycles. The molecule has 1 aromatic heterocycles. The first-order valence-corrected chi connectivity index (χ1v) is 13.0. The number of carboxylic acid groups (broad SMARTS) is 1. The number of rotatable bonds is 3. The molecule has 0 aliphatic carbocycles. The number of nitrogens with zero attached hydrogens (tertiary/aromatic N) is 1. The van der Waals surface area contributed by atoms with Gasteiger partial charge in [-0.3, -0.25) is 4.79 Å². The molecule has 0 saturated carbocycles. The monoisotopic (exact) mass is 509 g/mol. The largest absolute Gasteiger partial charge is 0.493 e. The van der Waals surface area contributed by atoms with Gasteiger partial charge in [-0.2, -0.15) is 0 Å². The quantitative estimate of drug-likeness (QED) is 0.249. The van der Waals surface area contributed by atoms with Crippen LogP contribution >= 0.6 is 0 Å². The van der Waals surface area contributed by atoms with Crippen molar-refractivity contribution in [3.63, 3.8) is 0 Å². The molecule has 0 bridgehead atoms. The van der Waals surface area contributed by atoms with Crippen LogP contribution in [0.3, 0.4) is 0 Å². The lowest BCUT2D eigenvalue weighted by atomic mass is 9.93. The van der Waals surface area contributed by atoms with Gasteiger partial charge in [-0.05, 0) is 70.3 Å². The van der Waals surface area contributed by atoms with Crippen molar-refractivity contribution >= 4 is 27.5 Å². The zero-order valence-electron chi connectivity index (χ0n) is 23.0. The van der Waals surface area contributed by atoms with E-state index in [0.29, 0.717) is 0 Å². The number of methoxy groups -OCH3 is 2. The van der Waals surface area contributed by atoms with Crippen molar-refractivity contribution in [1.82, 2.24) is 4.57 Å². The van der Waals surface area contributed by atoms with E-state index >= 15 is 0 Å². The van der Waals surface area contributed by atoms with Crippen LogP contribution in [0.25, 0.3) is 43.9 Å². The number of ether oxygens (including phenoxy) is 2. The molecule has 0 spiro atoms. The van der Waals surface area contributed by atoms with E-state index in [1.807, 2.05) is 13.8 Å². The molecule has 5 heteroatoms. The Morgan fingerprint density at radius 2 is 1.37 bits per heavy atom. The number of aromatic nitrogens is 1. The maximum atomic E-state index is 9.00. The first-order chi connectivity index (χ1) is 18.4. The van der Waals surface area contributed by atoms with Crippen LogP contribution < -0.4 is 9.47 Å². The van der Waals surface area contributed by atoms with Crippen LogP contribution in [0.2, 0.25) is 0 Å². The summed E-state index contributed by atoms with van der Waals surface area (Å²) in [6.07, 6.45) is 0.982. The number of aryl methyl sites for hydroxylation is 1. The van der Waals surface area contributed by atoms with Gasteiger partial charge in [0, 0.05) is 36.0 Å². The maximum Gasteiger partial charge on any atom is 0.300 e. The highest BCUT2D eigenvalue weighted by Gasteiger charge is 2.24. The molecule has 4 aromatic carbocycles. The lowest BCUT2D eigenvalue weighted by Gasteiger charge is -2.22. The van der Waals surface area contributed by atoms with Crippen molar-refractivity contribution in [2.75, 3.05) is 14.2 Å². The summed E-state index contributed by atoms with van der Waals surface area (Å²) >= 11 is 0. The van der Waals surface area contributed by atoms with E-state index in [9.17, 15) is 0 Å². The van der Waals surface area contributed by atoms with E-state index in [0.717, 1.165) is 31.4 Å². The first kappa shape index (κ1) is 26.8. The third-order valence-electron chi connectivity index (χ3n) is 6.91. The SMILES string of the molecule is CC.CC(=O)O.COc1cc2c(cc1OC)-c1cc(-c3cc4ccccc4c4ccccc34)c(C)n1CC2. The number of carbonyl (C=O) groups is 1. The maximum absolute atomic E-state index is 9.00. The molecule has 1 N–H and O–H groups in total. The van der Waals surface area contributed by atoms with Crippen molar-refractivity contribution in [3.8, 4) is 33.9 Å². The lowest BCUT2D eigenvalue weighted by Crippen LogP contribution is -2.12. The molecule has 0 atom stereocenters. The summed E-state index contributed by atoms with van der Waals surface area (Å²) in [5.74, 6) is 0.736. The van der Waals surface area contributed by atoms with Gasteiger partial charge in [0.05, 0.1) is 14.2 Å². The van der Waals surface area contributed by atoms with Crippen LogP contribution in [0.4, 0.5) is 0 Å². The fourth-order valence-corrected chi connectivity index (χ4v) is 5.30. The van der Waals surface area contributed by atoms with Crippen LogP contribution in [0, 0.1) is 6.92 Å². The molecule has 1 aliphatic heterocycles. The second kappa shape index (κ2) is 11.4. The van der Waals surface area contributed by atoms with Crippen molar-refractivity contribution < 1.29 is 19.4 Å². The summed E-state index contributed by atoms with van der Waals surface area (Å²) in [4.78, 5) is 9.00. The van der Waals surface area contributed by atoms with Crippen molar-refractivity contribution in [3.05, 3.63) is 84.1 Å². The Kier molecular flexibility index (Phi) is 8.06. The summed E-state index contributed by atoms with van der Waals surface area (Å²) in [5, 5.41) is 12.6. The smallest absolute Gasteiger partial charge is 0.300 e. The van der Waals surface area contributed by atoms with Gasteiger partial charge in [0.1, 0.15) is 0 Å². The minimum absolute atomic E-state index is 0.774. The molecule has 0 amide bonds. The minimum atomic E-state index is -0.833. The predicted octanol–water partition coefficient (Wildman–Crippen LogP) is 8.13. The van der Waals surface area contributed by atoms with Gasteiger partial charge in [0.25, 0.3) is 5.97 Å². The second-order valence-electron chi connectivity index (χ2n) is 9.00. The molecular formula is C33H35NO4. The third kappa shape index (κ3) is 4.84. The fourth-order valence-electron chi connectivity index (χ4n) is 5.30. The Bertz CT molecular complexity index is 1610. The topological polar surface area (TPSA) is 60.7 Å². The summed E-state index contributed by atoms with van der Waals surface area (Å²) in [6.45, 7) is 8.30. The molecule has 196 valence electrons. The summed E-state index contributed by atoms with van der Waals surface area (Å²) in [7, 11) is 3.40. The van der Waals surface area contributed by atoms with Crippen LogP contribution in [0.15, 0.2) is 72.8 Å². The van der Waals surface area contributed by atoms with Crippen LogP contribution in [-0.4, -0.2) is 29.9 Å². The molecule has 6 rings (SSSR count). The number of aliphatic carboxylic acids is 1. The third-order valence-corrected chi connectivity index (χ3v) is 6.91. The van der Waals surface area contributed by atoms with Gasteiger partial charge < -0.3 is 19.1 Å². The zero-order chi connectivity index (χ0) is 27.4. The molecule has 0 fully saturated rings. The van der Waals surface area contributed by atoms with E-state index < -0.39 is 5.97 Å². The first-order valence-electron chi connectivity index (χ1n) is 13.0. The van der Waals surface area contributed by atoms with Crippen molar-refractivity contribution in [2.45, 2.75) is 40.7 Å². The van der Waals surface area contributed by atoms with Crippen LogP contribution in [0.1, 0.15) is 32.0 Å². The average molecular weight is 510 g/mol. The van der Waals surface area contributed by atoms with E-state index in [1.165, 1.54) is 55.2 Å². The van der Waals surface area contributed by atoms with Gasteiger partial charge in [-0.15, -0.1) is 0 Å². The number of fused-ring (bicyclic) bond motifs is 6. The molecule has 0 unspecified atom stereocenters. The number of carboxylic acids is 1. The van der Waals surface area contributed by atoms with E-state index in [-0.39, 0.29) is 0 Å². The Morgan fingerprint density at radius 3 is 2.03 bits per heavy atom. The standard InChI is InChI=1S/C29H25NO2.C2H4O2.C2H6/c1-18-24(26-14-19-8-4-5-9-21(19)22-10-6-7-11-23(22)26)16-27-25-17-29(32-3)28(31-2)15-20(25)12-13-30(18)27;1-2(3)4;1-2/h4-11,14-17H,12-13H2,1-3H3;1H3,(H,3,4);1-2H3. The Hall–Kier alpha value is -4.25. The molecule has 0 radical (unpaired) electrons. The van der Waals surface area contributed by atoms with Gasteiger partial charge in [-0.1, -0.05) is 62.4 Å². The highest BCUT2D eigenvalue weighted by atomic mass is 16.5. The zero-order valence-corrected chi connectivity index (χ0v) is 23.0. The van der Waals surface area contributed by atoms with Crippen molar-refractivity contribution in [1.29, 1.82) is 0 Å². The van der Waals surface area contributed by atoms with Crippen molar-refractivity contribution in [2.24, 2.45) is 0 Å². The highest BCUT2D eigenvalue weighted by molar-refractivity contribution is 6.14. The Morgan fingerprint density at radius 1 is 0.789 bits per heavy atom. The van der Waals surface area contributed by atoms with Crippen LogP contribution in [0.5, 0.6) is 11.5 Å². The number of hydrogen-bond acceptors (Lipinski definition) is 3. The second-order valence-corrected chi connectivity index (χ2v) is 9.00. The van der Waals surface area contributed by atoms with Crippen LogP contribution in [-0.2, 0) is 17.8 Å². The van der Waals surface area contributed by atoms with Gasteiger partial charge >= 0.3 is 0 Å². The average Bonchev–Trinajstić information content (AvgIpc) is 3.29. The lowest BCUT2D eigenvalue weighted by molar-refractivity contribution is -0.134. The fraction of sp³-hybridized carbons (Fsp3) is 0.242. The van der Waals surface area contributed by atoms with Gasteiger partial charge in [0.15, 0.2) is 11.5 Å². The molecule has 5 nitrogen and oxygen atoms in total. The minimum Gasteiger partial charge on any atom is -0.493 e. The molecule has 1 aliphatic rings. The highest BCUT2D eigenvalue weighted by Crippen LogP contribution is 2.44. The normalized spacial score (nSPS) is 11.4. The molecule has 38 heavy (non-hydrogen) atoms. The summed E-state index contributed by atoms with van der Waals surface area (Å²) in [5.41, 5.74) is 7.68. The van der Waals surface area contributed by atoms with Gasteiger partial charge in [0.2, 0.25) is 0 Å². The van der Waals surface area contributed by atoms with Gasteiger partial charge in [-0.25, -0.2) is 0 Å². The summed E-state index contributed by atoms with van der Waals surface area (Å²) in [6, 6.07) is 26.4. The molecular weight excluding hydrogens is 474 g/mol. The van der Waals surface area contributed by atoms with E-state index in [4.69, 9.17) is 19.4 Å². The van der Waals surface area contributed by atoms with E-state index in [1.54, 1.807) is 14.2 Å². The Labute approximate surface area is 224 Å². The molecule has 5 aromatic rings. The Balaban J connectivity index is 0.000000515. The predicted molar refractivity (Wildman–Crippen MR) is 157 cm³/mol. The summed E-state index contributed by atoms with van der Waals surface area (Å²) < 4.78 is 13.6. The number of benzene rings is 4.